The van der Waals surface area contributed by atoms with Crippen molar-refractivity contribution in [2.24, 2.45) is 5.73 Å². The normalized spacial score (nSPS) is 11.3. The first-order valence-electron chi connectivity index (χ1n) is 5.95. The number of fused-ring (bicyclic) bond motifs is 1. The van der Waals surface area contributed by atoms with Crippen LogP contribution in [0.2, 0.25) is 0 Å². The summed E-state index contributed by atoms with van der Waals surface area (Å²) in [5, 5.41) is 0. The number of aromatic nitrogens is 2. The largest absolute Gasteiger partial charge is 0.393 e. The Balaban J connectivity index is 2.40. The Morgan fingerprint density at radius 2 is 2.11 bits per heavy atom. The molecule has 0 aliphatic heterocycles. The maximum Gasteiger partial charge on any atom is 0.124 e. The summed E-state index contributed by atoms with van der Waals surface area (Å²) in [6, 6.07) is 8.15. The van der Waals surface area contributed by atoms with Crippen molar-refractivity contribution in [1.29, 1.82) is 0 Å². The Bertz CT molecular complexity index is 559. The molecule has 2 rings (SSSR count). The van der Waals surface area contributed by atoms with Crippen LogP contribution in [0.5, 0.6) is 0 Å². The molecule has 0 radical (unpaired) electrons. The second-order valence-corrected chi connectivity index (χ2v) is 5.15. The molecule has 0 atom stereocenters. The first-order chi connectivity index (χ1) is 8.58. The summed E-state index contributed by atoms with van der Waals surface area (Å²) in [5.74, 6) is 1.05. The van der Waals surface area contributed by atoms with Gasteiger partial charge in [-0.05, 0) is 26.2 Å². The number of benzene rings is 1. The molecular weight excluding hydrogens is 244 g/mol. The van der Waals surface area contributed by atoms with Crippen molar-refractivity contribution in [1.82, 2.24) is 14.5 Å². The lowest BCUT2D eigenvalue weighted by Gasteiger charge is -2.12. The molecule has 0 aliphatic carbocycles. The van der Waals surface area contributed by atoms with Gasteiger partial charge in [-0.25, -0.2) is 4.98 Å². The summed E-state index contributed by atoms with van der Waals surface area (Å²) >= 11 is 4.96. The average molecular weight is 262 g/mol. The molecule has 0 spiro atoms. The van der Waals surface area contributed by atoms with Crippen LogP contribution in [0.15, 0.2) is 24.3 Å². The summed E-state index contributed by atoms with van der Waals surface area (Å²) in [5.41, 5.74) is 7.76. The molecule has 0 bridgehead atoms. The zero-order valence-electron chi connectivity index (χ0n) is 10.8. The van der Waals surface area contributed by atoms with Gasteiger partial charge < -0.3 is 15.2 Å². The molecule has 1 heterocycles. The van der Waals surface area contributed by atoms with Gasteiger partial charge in [-0.3, -0.25) is 0 Å². The van der Waals surface area contributed by atoms with E-state index in [0.717, 1.165) is 29.9 Å². The zero-order chi connectivity index (χ0) is 13.1. The van der Waals surface area contributed by atoms with E-state index < -0.39 is 0 Å². The highest BCUT2D eigenvalue weighted by atomic mass is 32.1. The van der Waals surface area contributed by atoms with Crippen molar-refractivity contribution < 1.29 is 0 Å². The molecule has 0 saturated heterocycles. The predicted octanol–water partition coefficient (Wildman–Crippen LogP) is 1.77. The van der Waals surface area contributed by atoms with Crippen LogP contribution >= 0.6 is 12.2 Å². The highest BCUT2D eigenvalue weighted by Crippen LogP contribution is 2.17. The van der Waals surface area contributed by atoms with Crippen molar-refractivity contribution >= 4 is 28.2 Å². The number of para-hydroxylation sites is 2. The summed E-state index contributed by atoms with van der Waals surface area (Å²) in [7, 11) is 4.08. The molecule has 0 amide bonds. The minimum Gasteiger partial charge on any atom is -0.393 e. The van der Waals surface area contributed by atoms with Gasteiger partial charge >= 0.3 is 0 Å². The molecule has 0 fully saturated rings. The first kappa shape index (κ1) is 13.0. The summed E-state index contributed by atoms with van der Waals surface area (Å²) in [6.45, 7) is 1.60. The Hall–Kier alpha value is -1.46. The Labute approximate surface area is 112 Å². The number of rotatable bonds is 5. The first-order valence-corrected chi connectivity index (χ1v) is 6.36. The maximum atomic E-state index is 5.59. The molecule has 5 heteroatoms. The molecule has 0 saturated carbocycles. The number of thiocarbonyl (C=S) groups is 1. The molecule has 1 aromatic heterocycles. The van der Waals surface area contributed by atoms with Gasteiger partial charge in [0.05, 0.1) is 22.6 Å². The van der Waals surface area contributed by atoms with Crippen LogP contribution in [-0.4, -0.2) is 33.5 Å². The second-order valence-electron chi connectivity index (χ2n) is 4.62. The third-order valence-electron chi connectivity index (χ3n) is 2.77. The van der Waals surface area contributed by atoms with Crippen LogP contribution < -0.4 is 5.73 Å². The third-order valence-corrected chi connectivity index (χ3v) is 2.98. The highest BCUT2D eigenvalue weighted by Gasteiger charge is 2.10. The smallest absolute Gasteiger partial charge is 0.124 e. The fourth-order valence-corrected chi connectivity index (χ4v) is 2.09. The molecule has 2 aromatic rings. The Morgan fingerprint density at radius 1 is 1.39 bits per heavy atom. The van der Waals surface area contributed by atoms with Gasteiger partial charge in [0.2, 0.25) is 0 Å². The fourth-order valence-electron chi connectivity index (χ4n) is 2.00. The van der Waals surface area contributed by atoms with E-state index in [-0.39, 0.29) is 0 Å². The molecule has 1 aromatic carbocycles. The van der Waals surface area contributed by atoms with Crippen LogP contribution in [0.3, 0.4) is 0 Å². The molecule has 96 valence electrons. The number of aryl methyl sites for hydroxylation is 1. The lowest BCUT2D eigenvalue weighted by Crippen LogP contribution is -2.18. The monoisotopic (exact) mass is 262 g/mol. The standard InChI is InChI=1S/C13H18N4S/c1-16(2)9-13-15-10-5-3-4-6-11(10)17(13)8-7-12(14)18/h3-6H,7-9H2,1-2H3,(H2,14,18). The lowest BCUT2D eigenvalue weighted by molar-refractivity contribution is 0.382. The second kappa shape index (κ2) is 5.46. The molecular formula is C13H18N4S. The third kappa shape index (κ3) is 2.86. The number of nitrogens with zero attached hydrogens (tertiary/aromatic N) is 3. The van der Waals surface area contributed by atoms with Gasteiger partial charge in [0.1, 0.15) is 5.82 Å². The van der Waals surface area contributed by atoms with Crippen molar-refractivity contribution in [3.63, 3.8) is 0 Å². The Morgan fingerprint density at radius 3 is 2.78 bits per heavy atom. The van der Waals surface area contributed by atoms with Crippen molar-refractivity contribution in [3.05, 3.63) is 30.1 Å². The van der Waals surface area contributed by atoms with Gasteiger partial charge in [0, 0.05) is 13.0 Å². The quantitative estimate of drug-likeness (QED) is 0.834. The van der Waals surface area contributed by atoms with Crippen LogP contribution in [0.4, 0.5) is 0 Å². The molecule has 0 aliphatic rings. The molecule has 18 heavy (non-hydrogen) atoms. The minimum absolute atomic E-state index is 0.545. The summed E-state index contributed by atoms with van der Waals surface area (Å²) < 4.78 is 2.20. The van der Waals surface area contributed by atoms with E-state index >= 15 is 0 Å². The number of hydrogen-bond acceptors (Lipinski definition) is 3. The van der Waals surface area contributed by atoms with Crippen molar-refractivity contribution in [2.75, 3.05) is 14.1 Å². The van der Waals surface area contributed by atoms with E-state index in [2.05, 4.69) is 20.5 Å². The van der Waals surface area contributed by atoms with Crippen LogP contribution in [0, 0.1) is 0 Å². The van der Waals surface area contributed by atoms with Crippen LogP contribution in [0.25, 0.3) is 11.0 Å². The topological polar surface area (TPSA) is 47.1 Å². The van der Waals surface area contributed by atoms with E-state index in [1.807, 2.05) is 32.3 Å². The SMILES string of the molecule is CN(C)Cc1nc2ccccc2n1CCC(N)=S. The van der Waals surface area contributed by atoms with Crippen molar-refractivity contribution in [2.45, 2.75) is 19.5 Å². The molecule has 2 N–H and O–H groups in total. The summed E-state index contributed by atoms with van der Waals surface area (Å²) in [4.78, 5) is 7.32. The molecule has 0 unspecified atom stereocenters. The molecule has 4 nitrogen and oxygen atoms in total. The highest BCUT2D eigenvalue weighted by molar-refractivity contribution is 7.80. The fraction of sp³-hybridized carbons (Fsp3) is 0.385. The lowest BCUT2D eigenvalue weighted by atomic mass is 10.3. The number of imidazole rings is 1. The van der Waals surface area contributed by atoms with Gasteiger partial charge in [-0.2, -0.15) is 0 Å². The van der Waals surface area contributed by atoms with E-state index in [0.29, 0.717) is 11.4 Å². The van der Waals surface area contributed by atoms with Gasteiger partial charge in [0.15, 0.2) is 0 Å². The van der Waals surface area contributed by atoms with Crippen LogP contribution in [-0.2, 0) is 13.1 Å². The summed E-state index contributed by atoms with van der Waals surface area (Å²) in [6.07, 6.45) is 0.704. The van der Waals surface area contributed by atoms with Gasteiger partial charge in [-0.15, -0.1) is 0 Å². The Kier molecular flexibility index (Phi) is 3.93. The van der Waals surface area contributed by atoms with Crippen LogP contribution in [0.1, 0.15) is 12.2 Å². The minimum atomic E-state index is 0.545. The van der Waals surface area contributed by atoms with E-state index in [9.17, 15) is 0 Å². The van der Waals surface area contributed by atoms with E-state index in [1.165, 1.54) is 0 Å². The van der Waals surface area contributed by atoms with Crippen molar-refractivity contribution in [3.8, 4) is 0 Å². The van der Waals surface area contributed by atoms with Gasteiger partial charge in [-0.1, -0.05) is 24.4 Å². The van der Waals surface area contributed by atoms with E-state index in [1.54, 1.807) is 0 Å². The zero-order valence-corrected chi connectivity index (χ0v) is 11.6. The van der Waals surface area contributed by atoms with E-state index in [4.69, 9.17) is 18.0 Å². The van der Waals surface area contributed by atoms with Gasteiger partial charge in [0.25, 0.3) is 0 Å². The predicted molar refractivity (Wildman–Crippen MR) is 78.5 cm³/mol. The maximum absolute atomic E-state index is 5.59. The number of nitrogens with two attached hydrogens (primary N) is 1. The number of hydrogen-bond donors (Lipinski definition) is 1. The average Bonchev–Trinajstić information content (AvgIpc) is 2.62.